The summed E-state index contributed by atoms with van der Waals surface area (Å²) in [6.07, 6.45) is -2.09. The topological polar surface area (TPSA) is 26.3 Å². The molecule has 0 saturated heterocycles. The van der Waals surface area contributed by atoms with Gasteiger partial charge in [0.1, 0.15) is 5.75 Å². The molecule has 0 fully saturated rings. The van der Waals surface area contributed by atoms with Crippen molar-refractivity contribution in [1.29, 1.82) is 0 Å². The molecule has 0 aromatic heterocycles. The smallest absolute Gasteiger partial charge is 0.312 e. The maximum atomic E-state index is 12.5. The number of para-hydroxylation sites is 1. The zero-order chi connectivity index (χ0) is 8.97. The van der Waals surface area contributed by atoms with Crippen molar-refractivity contribution in [3.05, 3.63) is 30.3 Å². The number of halogens is 2. The fraction of sp³-hybridized carbons (Fsp3) is 0.125. The number of carbonyl (C=O) groups is 1. The summed E-state index contributed by atoms with van der Waals surface area (Å²) in [4.78, 5) is 10.2. The first-order valence-electron chi connectivity index (χ1n) is 3.25. The molecule has 2 nitrogen and oxygen atoms in total. The fourth-order valence-electron chi connectivity index (χ4n) is 0.665. The summed E-state index contributed by atoms with van der Waals surface area (Å²) < 4.78 is 17.0. The Hall–Kier alpha value is -1.09. The van der Waals surface area contributed by atoms with E-state index < -0.39 is 11.6 Å². The van der Waals surface area contributed by atoms with E-state index >= 15 is 0 Å². The summed E-state index contributed by atoms with van der Waals surface area (Å²) in [6.45, 7) is 0. The molecule has 1 aromatic carbocycles. The molecule has 12 heavy (non-hydrogen) atoms. The summed E-state index contributed by atoms with van der Waals surface area (Å²) in [7, 11) is 0. The van der Waals surface area contributed by atoms with Crippen LogP contribution in [-0.2, 0) is 4.79 Å². The third-order valence-corrected chi connectivity index (χ3v) is 1.33. The Morgan fingerprint density at radius 1 is 1.42 bits per heavy atom. The third-order valence-electron chi connectivity index (χ3n) is 1.16. The quantitative estimate of drug-likeness (QED) is 0.680. The first-order valence-corrected chi connectivity index (χ1v) is 3.63. The number of rotatable bonds is 3. The van der Waals surface area contributed by atoms with Crippen molar-refractivity contribution in [2.24, 2.45) is 0 Å². The molecule has 0 aliphatic heterocycles. The molecular weight excluding hydrogens is 183 g/mol. The van der Waals surface area contributed by atoms with Crippen LogP contribution in [-0.4, -0.2) is 11.6 Å². The zero-order valence-electron chi connectivity index (χ0n) is 6.04. The van der Waals surface area contributed by atoms with Crippen LogP contribution in [0.2, 0.25) is 0 Å². The number of carbonyl (C=O) groups excluding carboxylic acids is 1. The normalized spacial score (nSPS) is 12.2. The van der Waals surface area contributed by atoms with Gasteiger partial charge in [0.2, 0.25) is 0 Å². The lowest BCUT2D eigenvalue weighted by atomic mass is 10.3. The molecule has 0 bridgehead atoms. The van der Waals surface area contributed by atoms with E-state index in [1.54, 1.807) is 18.2 Å². The Labute approximate surface area is 73.9 Å². The maximum absolute atomic E-state index is 12.5. The fourth-order valence-corrected chi connectivity index (χ4v) is 0.709. The SMILES string of the molecule is O=C(Cl)C(F)Oc1ccccc1. The number of alkyl halides is 1. The molecule has 1 unspecified atom stereocenters. The van der Waals surface area contributed by atoms with Gasteiger partial charge >= 0.3 is 6.36 Å². The molecule has 4 heteroatoms. The van der Waals surface area contributed by atoms with Crippen molar-refractivity contribution in [2.75, 3.05) is 0 Å². The largest absolute Gasteiger partial charge is 0.452 e. The highest BCUT2D eigenvalue weighted by Crippen LogP contribution is 2.12. The highest BCUT2D eigenvalue weighted by molar-refractivity contribution is 6.64. The summed E-state index contributed by atoms with van der Waals surface area (Å²) in [5, 5.41) is -1.15. The summed E-state index contributed by atoms with van der Waals surface area (Å²) in [5.74, 6) is 0.277. The van der Waals surface area contributed by atoms with Gasteiger partial charge in [0.15, 0.2) is 0 Å². The third kappa shape index (κ3) is 2.51. The molecule has 0 N–H and O–H groups in total. The van der Waals surface area contributed by atoms with Crippen molar-refractivity contribution in [3.8, 4) is 5.75 Å². The first kappa shape index (κ1) is 9.00. The van der Waals surface area contributed by atoms with Crippen LogP contribution in [0.4, 0.5) is 4.39 Å². The van der Waals surface area contributed by atoms with Crippen LogP contribution in [0, 0.1) is 0 Å². The van der Waals surface area contributed by atoms with Crippen LogP contribution >= 0.6 is 11.6 Å². The van der Waals surface area contributed by atoms with Crippen molar-refractivity contribution < 1.29 is 13.9 Å². The number of hydrogen-bond donors (Lipinski definition) is 0. The van der Waals surface area contributed by atoms with Crippen LogP contribution in [0.3, 0.4) is 0 Å². The van der Waals surface area contributed by atoms with Gasteiger partial charge in [0.25, 0.3) is 5.24 Å². The molecule has 0 aliphatic rings. The second kappa shape index (κ2) is 4.07. The van der Waals surface area contributed by atoms with Crippen LogP contribution in [0.5, 0.6) is 5.75 Å². The molecule has 0 aliphatic carbocycles. The van der Waals surface area contributed by atoms with E-state index in [1.165, 1.54) is 12.1 Å². The minimum Gasteiger partial charge on any atom is -0.452 e. The second-order valence-corrected chi connectivity index (χ2v) is 2.42. The maximum Gasteiger partial charge on any atom is 0.312 e. The predicted molar refractivity (Wildman–Crippen MR) is 42.8 cm³/mol. The highest BCUT2D eigenvalue weighted by Gasteiger charge is 2.15. The molecule has 64 valence electrons. The Morgan fingerprint density at radius 3 is 2.50 bits per heavy atom. The minimum absolute atomic E-state index is 0.277. The Morgan fingerprint density at radius 2 is 2.00 bits per heavy atom. The number of hydrogen-bond acceptors (Lipinski definition) is 2. The van der Waals surface area contributed by atoms with E-state index in [0.29, 0.717) is 0 Å². The summed E-state index contributed by atoms with van der Waals surface area (Å²) in [6, 6.07) is 8.16. The lowest BCUT2D eigenvalue weighted by Gasteiger charge is -2.05. The van der Waals surface area contributed by atoms with Crippen LogP contribution < -0.4 is 4.74 Å². The molecule has 0 saturated carbocycles. The van der Waals surface area contributed by atoms with E-state index in [9.17, 15) is 9.18 Å². The minimum atomic E-state index is -2.09. The monoisotopic (exact) mass is 188 g/mol. The lowest BCUT2D eigenvalue weighted by molar-refractivity contribution is -0.124. The van der Waals surface area contributed by atoms with E-state index in [2.05, 4.69) is 4.74 Å². The van der Waals surface area contributed by atoms with E-state index in [0.717, 1.165) is 0 Å². The highest BCUT2D eigenvalue weighted by atomic mass is 35.5. The second-order valence-electron chi connectivity index (χ2n) is 2.05. The molecule has 1 atom stereocenters. The van der Waals surface area contributed by atoms with Gasteiger partial charge in [-0.3, -0.25) is 4.79 Å². The summed E-state index contributed by atoms with van der Waals surface area (Å²) in [5.41, 5.74) is 0. The van der Waals surface area contributed by atoms with E-state index in [4.69, 9.17) is 11.6 Å². The molecule has 1 rings (SSSR count). The number of ether oxygens (including phenoxy) is 1. The van der Waals surface area contributed by atoms with Gasteiger partial charge in [-0.15, -0.1) is 0 Å². The molecule has 0 radical (unpaired) electrons. The van der Waals surface area contributed by atoms with Crippen LogP contribution in [0.25, 0.3) is 0 Å². The molecule has 0 heterocycles. The molecule has 0 amide bonds. The van der Waals surface area contributed by atoms with Gasteiger partial charge < -0.3 is 4.74 Å². The van der Waals surface area contributed by atoms with Crippen molar-refractivity contribution >= 4 is 16.8 Å². The Bertz CT molecular complexity index is 263. The summed E-state index contributed by atoms with van der Waals surface area (Å²) >= 11 is 4.84. The van der Waals surface area contributed by atoms with Gasteiger partial charge in [-0.1, -0.05) is 18.2 Å². The predicted octanol–water partition coefficient (Wildman–Crippen LogP) is 2.13. The van der Waals surface area contributed by atoms with Gasteiger partial charge in [0, 0.05) is 0 Å². The average molecular weight is 189 g/mol. The Balaban J connectivity index is 2.58. The van der Waals surface area contributed by atoms with E-state index in [1.807, 2.05) is 0 Å². The van der Waals surface area contributed by atoms with Gasteiger partial charge in [-0.2, -0.15) is 4.39 Å². The number of benzene rings is 1. The Kier molecular flexibility index (Phi) is 3.05. The van der Waals surface area contributed by atoms with Gasteiger partial charge in [0.05, 0.1) is 0 Å². The average Bonchev–Trinajstić information content (AvgIpc) is 2.06. The molecule has 0 spiro atoms. The van der Waals surface area contributed by atoms with Gasteiger partial charge in [-0.25, -0.2) is 0 Å². The van der Waals surface area contributed by atoms with Crippen molar-refractivity contribution in [3.63, 3.8) is 0 Å². The zero-order valence-corrected chi connectivity index (χ0v) is 6.79. The molecule has 1 aromatic rings. The lowest BCUT2D eigenvalue weighted by Crippen LogP contribution is -2.16. The van der Waals surface area contributed by atoms with Gasteiger partial charge in [-0.05, 0) is 23.7 Å². The van der Waals surface area contributed by atoms with E-state index in [-0.39, 0.29) is 5.75 Å². The van der Waals surface area contributed by atoms with Crippen LogP contribution in [0.1, 0.15) is 0 Å². The first-order chi connectivity index (χ1) is 5.70. The molecular formula is C8H6ClFO2. The van der Waals surface area contributed by atoms with Crippen molar-refractivity contribution in [1.82, 2.24) is 0 Å². The standard InChI is InChI=1S/C8H6ClFO2/c9-7(11)8(10)12-6-4-2-1-3-5-6/h1-5,8H. The van der Waals surface area contributed by atoms with Crippen molar-refractivity contribution in [2.45, 2.75) is 6.36 Å². The van der Waals surface area contributed by atoms with Crippen LogP contribution in [0.15, 0.2) is 30.3 Å².